The molecule has 0 aliphatic rings. The molecule has 5 nitrogen and oxygen atoms in total. The van der Waals surface area contributed by atoms with Gasteiger partial charge in [0.2, 0.25) is 5.91 Å². The van der Waals surface area contributed by atoms with Crippen molar-refractivity contribution in [2.75, 3.05) is 0 Å². The largest absolute Gasteiger partial charge is 0.298 e. The summed E-state index contributed by atoms with van der Waals surface area (Å²) >= 11 is 0. The second-order valence-electron chi connectivity index (χ2n) is 3.93. The normalized spacial score (nSPS) is 11.4. The summed E-state index contributed by atoms with van der Waals surface area (Å²) in [4.78, 5) is 11.4. The minimum atomic E-state index is -3.99. The smallest absolute Gasteiger partial charge is 0.274 e. The van der Waals surface area contributed by atoms with Crippen molar-refractivity contribution >= 4 is 26.9 Å². The van der Waals surface area contributed by atoms with E-state index in [1.165, 1.54) is 0 Å². The molecule has 0 heterocycles. The van der Waals surface area contributed by atoms with Gasteiger partial charge in [0.1, 0.15) is 0 Å². The van der Waals surface area contributed by atoms with E-state index in [9.17, 15) is 13.2 Å². The van der Waals surface area contributed by atoms with E-state index in [1.807, 2.05) is 36.4 Å². The van der Waals surface area contributed by atoms with Crippen LogP contribution in [0.3, 0.4) is 0 Å². The van der Waals surface area contributed by atoms with Crippen molar-refractivity contribution < 1.29 is 13.2 Å². The molecule has 0 aliphatic heterocycles. The van der Waals surface area contributed by atoms with Gasteiger partial charge in [-0.15, -0.1) is 0 Å². The number of carbonyl (C=O) groups is 1. The highest BCUT2D eigenvalue weighted by Gasteiger charge is 2.09. The molecule has 2 aromatic carbocycles. The van der Waals surface area contributed by atoms with E-state index in [0.717, 1.165) is 16.3 Å². The van der Waals surface area contributed by atoms with Crippen LogP contribution in [0, 0.1) is 0 Å². The summed E-state index contributed by atoms with van der Waals surface area (Å²) in [6.07, 6.45) is -0.0265. The fourth-order valence-corrected chi connectivity index (χ4v) is 2.12. The van der Waals surface area contributed by atoms with Crippen LogP contribution in [-0.2, 0) is 21.4 Å². The Kier molecular flexibility index (Phi) is 3.31. The number of fused-ring (bicyclic) bond motifs is 1. The Hall–Kier alpha value is -1.92. The van der Waals surface area contributed by atoms with Crippen LogP contribution in [0.4, 0.5) is 0 Å². The molecular weight excluding hydrogens is 252 g/mol. The number of amides is 1. The summed E-state index contributed by atoms with van der Waals surface area (Å²) in [5.41, 5.74) is 0.731. The van der Waals surface area contributed by atoms with E-state index in [-0.39, 0.29) is 6.42 Å². The van der Waals surface area contributed by atoms with Gasteiger partial charge in [-0.05, 0) is 16.3 Å². The summed E-state index contributed by atoms with van der Waals surface area (Å²) in [7, 11) is -3.99. The average Bonchev–Trinajstić information content (AvgIpc) is 2.26. The lowest BCUT2D eigenvalue weighted by atomic mass is 10.1. The summed E-state index contributed by atoms with van der Waals surface area (Å²) in [6, 6.07) is 13.2. The van der Waals surface area contributed by atoms with Crippen molar-refractivity contribution in [3.05, 3.63) is 48.0 Å². The molecule has 6 heteroatoms. The molecule has 0 aromatic heterocycles. The number of benzene rings is 2. The van der Waals surface area contributed by atoms with Crippen LogP contribution >= 0.6 is 0 Å². The quantitative estimate of drug-likeness (QED) is 0.855. The van der Waals surface area contributed by atoms with Gasteiger partial charge >= 0.3 is 0 Å². The minimum Gasteiger partial charge on any atom is -0.274 e. The lowest BCUT2D eigenvalue weighted by Crippen LogP contribution is -2.36. The maximum Gasteiger partial charge on any atom is 0.298 e. The summed E-state index contributed by atoms with van der Waals surface area (Å²) in [5.74, 6) is -0.646. The number of rotatable bonds is 3. The van der Waals surface area contributed by atoms with E-state index in [1.54, 1.807) is 10.8 Å². The molecule has 0 aliphatic carbocycles. The number of nitrogens with two attached hydrogens (primary N) is 1. The second-order valence-corrected chi connectivity index (χ2v) is 5.22. The van der Waals surface area contributed by atoms with Crippen LogP contribution in [0.1, 0.15) is 5.56 Å². The van der Waals surface area contributed by atoms with Gasteiger partial charge < -0.3 is 0 Å². The van der Waals surface area contributed by atoms with Gasteiger partial charge in [-0.2, -0.15) is 8.42 Å². The molecule has 0 atom stereocenters. The van der Waals surface area contributed by atoms with Crippen molar-refractivity contribution in [3.63, 3.8) is 0 Å². The van der Waals surface area contributed by atoms with Crippen LogP contribution in [0.15, 0.2) is 42.5 Å². The highest BCUT2D eigenvalue weighted by atomic mass is 32.2. The molecule has 0 fully saturated rings. The van der Waals surface area contributed by atoms with E-state index < -0.39 is 16.1 Å². The third-order valence-electron chi connectivity index (χ3n) is 2.43. The molecule has 0 saturated heterocycles. The first-order valence-corrected chi connectivity index (χ1v) is 6.80. The fraction of sp³-hybridized carbons (Fsp3) is 0.0833. The predicted octanol–water partition coefficient (Wildman–Crippen LogP) is 0.702. The number of hydrogen-bond donors (Lipinski definition) is 2. The molecule has 0 unspecified atom stereocenters. The van der Waals surface area contributed by atoms with Gasteiger partial charge in [0.05, 0.1) is 6.42 Å². The molecule has 2 rings (SSSR count). The van der Waals surface area contributed by atoms with E-state index >= 15 is 0 Å². The Morgan fingerprint density at radius 2 is 1.78 bits per heavy atom. The van der Waals surface area contributed by atoms with Gasteiger partial charge in [-0.25, -0.2) is 9.86 Å². The minimum absolute atomic E-state index is 0.0265. The maximum absolute atomic E-state index is 11.4. The first-order valence-electron chi connectivity index (χ1n) is 5.25. The molecule has 94 valence electrons. The van der Waals surface area contributed by atoms with Crippen molar-refractivity contribution in [3.8, 4) is 0 Å². The Morgan fingerprint density at radius 1 is 1.11 bits per heavy atom. The zero-order valence-electron chi connectivity index (χ0n) is 9.46. The lowest BCUT2D eigenvalue weighted by molar-refractivity contribution is -0.118. The summed E-state index contributed by atoms with van der Waals surface area (Å²) in [5, 5.41) is 6.78. The van der Waals surface area contributed by atoms with Crippen LogP contribution < -0.4 is 9.86 Å². The third kappa shape index (κ3) is 3.28. The number of hydrogen-bond acceptors (Lipinski definition) is 3. The Bertz CT molecular complexity index is 695. The van der Waals surface area contributed by atoms with Crippen molar-refractivity contribution in [1.29, 1.82) is 0 Å². The maximum atomic E-state index is 11.4. The van der Waals surface area contributed by atoms with Crippen LogP contribution in [0.5, 0.6) is 0 Å². The standard InChI is InChI=1S/C12H12N2O3S/c13-18(16,17)14-12(15)8-9-5-6-10-3-1-2-4-11(10)7-9/h1-7H,8H2,(H,14,15)(H2,13,16,17). The molecule has 18 heavy (non-hydrogen) atoms. The lowest BCUT2D eigenvalue weighted by Gasteiger charge is -2.04. The molecule has 0 bridgehead atoms. The third-order valence-corrected chi connectivity index (χ3v) is 2.95. The topological polar surface area (TPSA) is 89.3 Å². The first-order chi connectivity index (χ1) is 8.44. The Labute approximate surface area is 105 Å². The molecule has 0 spiro atoms. The van der Waals surface area contributed by atoms with E-state index in [2.05, 4.69) is 0 Å². The highest BCUT2D eigenvalue weighted by Crippen LogP contribution is 2.15. The molecule has 0 saturated carbocycles. The molecule has 1 amide bonds. The van der Waals surface area contributed by atoms with Gasteiger partial charge in [-0.3, -0.25) is 4.79 Å². The average molecular weight is 264 g/mol. The zero-order valence-corrected chi connectivity index (χ0v) is 10.3. The van der Waals surface area contributed by atoms with Crippen molar-refractivity contribution in [2.45, 2.75) is 6.42 Å². The highest BCUT2D eigenvalue weighted by molar-refractivity contribution is 7.87. The van der Waals surface area contributed by atoms with Crippen LogP contribution in [0.2, 0.25) is 0 Å². The second kappa shape index (κ2) is 4.75. The summed E-state index contributed by atoms with van der Waals surface area (Å²) in [6.45, 7) is 0. The van der Waals surface area contributed by atoms with Gasteiger partial charge in [0, 0.05) is 0 Å². The molecule has 3 N–H and O–H groups in total. The van der Waals surface area contributed by atoms with Crippen molar-refractivity contribution in [1.82, 2.24) is 4.72 Å². The Morgan fingerprint density at radius 3 is 2.44 bits per heavy atom. The predicted molar refractivity (Wildman–Crippen MR) is 68.9 cm³/mol. The van der Waals surface area contributed by atoms with Crippen LogP contribution in [-0.4, -0.2) is 14.3 Å². The van der Waals surface area contributed by atoms with Gasteiger partial charge in [0.15, 0.2) is 0 Å². The molecule has 0 radical (unpaired) electrons. The molecule has 2 aromatic rings. The first kappa shape index (κ1) is 12.5. The van der Waals surface area contributed by atoms with Gasteiger partial charge in [-0.1, -0.05) is 42.5 Å². The van der Waals surface area contributed by atoms with Gasteiger partial charge in [0.25, 0.3) is 10.2 Å². The number of nitrogens with one attached hydrogen (secondary N) is 1. The fourth-order valence-electron chi connectivity index (χ4n) is 1.73. The molecular formula is C12H12N2O3S. The SMILES string of the molecule is NS(=O)(=O)NC(=O)Cc1ccc2ccccc2c1. The van der Waals surface area contributed by atoms with Crippen molar-refractivity contribution in [2.24, 2.45) is 5.14 Å². The van der Waals surface area contributed by atoms with Crippen LogP contribution in [0.25, 0.3) is 10.8 Å². The van der Waals surface area contributed by atoms with E-state index in [0.29, 0.717) is 0 Å². The van der Waals surface area contributed by atoms with E-state index in [4.69, 9.17) is 5.14 Å². The zero-order chi connectivity index (χ0) is 13.2. The monoisotopic (exact) mass is 264 g/mol. The summed E-state index contributed by atoms with van der Waals surface area (Å²) < 4.78 is 23.1. The number of carbonyl (C=O) groups excluding carboxylic acids is 1. The Balaban J connectivity index is 2.20.